The van der Waals surface area contributed by atoms with Crippen LogP contribution in [-0.4, -0.2) is 67.4 Å². The van der Waals surface area contributed by atoms with E-state index in [-0.39, 0.29) is 18.2 Å². The molecule has 2 heterocycles. The van der Waals surface area contributed by atoms with Crippen molar-refractivity contribution in [1.82, 2.24) is 20.5 Å². The Morgan fingerprint density at radius 3 is 2.34 bits per heavy atom. The van der Waals surface area contributed by atoms with E-state index in [1.54, 1.807) is 48.6 Å². The van der Waals surface area contributed by atoms with Crippen molar-refractivity contribution in [3.63, 3.8) is 0 Å². The summed E-state index contributed by atoms with van der Waals surface area (Å²) in [6, 6.07) is 14.1. The van der Waals surface area contributed by atoms with Crippen LogP contribution < -0.4 is 20.7 Å². The first kappa shape index (κ1) is 32.7. The highest BCUT2D eigenvalue weighted by molar-refractivity contribution is 7.14. The van der Waals surface area contributed by atoms with Crippen LogP contribution in [0.15, 0.2) is 53.9 Å². The van der Waals surface area contributed by atoms with Gasteiger partial charge < -0.3 is 24.8 Å². The van der Waals surface area contributed by atoms with Crippen molar-refractivity contribution in [2.45, 2.75) is 57.7 Å². The molecule has 1 aliphatic heterocycles. The molecule has 1 aromatic heterocycles. The second-order valence-electron chi connectivity index (χ2n) is 11.8. The van der Waals surface area contributed by atoms with Crippen molar-refractivity contribution in [3.05, 3.63) is 76.3 Å². The minimum Gasteiger partial charge on any atom is -0.497 e. The maximum atomic E-state index is 12.9. The van der Waals surface area contributed by atoms with E-state index >= 15 is 0 Å². The van der Waals surface area contributed by atoms with Gasteiger partial charge in [-0.15, -0.1) is 11.3 Å². The number of esters is 1. The average molecular weight is 624 g/mol. The number of nitrogens with zero attached hydrogens (tertiary/aromatic N) is 2. The van der Waals surface area contributed by atoms with Gasteiger partial charge in [0.25, 0.3) is 0 Å². The van der Waals surface area contributed by atoms with Crippen LogP contribution in [0.5, 0.6) is 5.75 Å². The van der Waals surface area contributed by atoms with Gasteiger partial charge in [0, 0.05) is 25.0 Å². The van der Waals surface area contributed by atoms with Gasteiger partial charge in [-0.1, -0.05) is 36.4 Å². The second-order valence-corrected chi connectivity index (χ2v) is 12.6. The SMILES string of the molecule is COC(=O)C(C)(c1ccc(OC)cc1)c1csc(NC(=O)NC(C)c2ccc(C3CNCCN3C(=O)OC(C)(C)C)cc2)n1. The zero-order valence-corrected chi connectivity index (χ0v) is 27.0. The Balaban J connectivity index is 1.41. The molecule has 1 saturated heterocycles. The third kappa shape index (κ3) is 7.48. The molecule has 12 heteroatoms. The molecule has 3 N–H and O–H groups in total. The average Bonchev–Trinajstić information content (AvgIpc) is 3.48. The number of urea groups is 1. The molecule has 0 bridgehead atoms. The molecule has 4 rings (SSSR count). The van der Waals surface area contributed by atoms with E-state index in [1.165, 1.54) is 18.4 Å². The number of nitrogens with one attached hydrogen (secondary N) is 3. The monoisotopic (exact) mass is 623 g/mol. The minimum atomic E-state index is -1.18. The predicted molar refractivity (Wildman–Crippen MR) is 169 cm³/mol. The number of methoxy groups -OCH3 is 2. The van der Waals surface area contributed by atoms with Crippen LogP contribution in [-0.2, 0) is 19.7 Å². The first-order chi connectivity index (χ1) is 20.8. The molecule has 236 valence electrons. The molecular weight excluding hydrogens is 582 g/mol. The van der Waals surface area contributed by atoms with Crippen LogP contribution in [0.2, 0.25) is 0 Å². The van der Waals surface area contributed by atoms with Gasteiger partial charge in [0.1, 0.15) is 16.8 Å². The Bertz CT molecular complexity index is 1450. The molecule has 0 aliphatic carbocycles. The second kappa shape index (κ2) is 13.6. The van der Waals surface area contributed by atoms with E-state index in [9.17, 15) is 14.4 Å². The lowest BCUT2D eigenvalue weighted by molar-refractivity contribution is -0.145. The van der Waals surface area contributed by atoms with Crippen molar-refractivity contribution in [2.75, 3.05) is 39.2 Å². The van der Waals surface area contributed by atoms with Gasteiger partial charge in [-0.2, -0.15) is 0 Å². The smallest absolute Gasteiger partial charge is 0.410 e. The highest BCUT2D eigenvalue weighted by Gasteiger charge is 2.41. The van der Waals surface area contributed by atoms with Gasteiger partial charge in [-0.25, -0.2) is 14.6 Å². The molecule has 2 aromatic carbocycles. The van der Waals surface area contributed by atoms with E-state index < -0.39 is 23.0 Å². The lowest BCUT2D eigenvalue weighted by Crippen LogP contribution is -2.50. The molecule has 0 radical (unpaired) electrons. The van der Waals surface area contributed by atoms with Crippen molar-refractivity contribution in [3.8, 4) is 5.75 Å². The quantitative estimate of drug-likeness (QED) is 0.285. The standard InChI is InChI=1S/C32H41N5O6S/c1-20(21-8-10-22(11-9-21)25-18-33-16-17-37(25)30(40)43-31(2,3)4)34-28(39)36-29-35-26(19-44-29)32(5,27(38)42-7)23-12-14-24(41-6)15-13-23/h8-15,19-20,25,33H,16-18H2,1-7H3,(H2,34,35,36,39). The number of aromatic nitrogens is 1. The fourth-order valence-corrected chi connectivity index (χ4v) is 5.84. The van der Waals surface area contributed by atoms with Crippen LogP contribution in [0.3, 0.4) is 0 Å². The Morgan fingerprint density at radius 1 is 1.05 bits per heavy atom. The number of ether oxygens (including phenoxy) is 3. The number of piperazine rings is 1. The molecule has 1 aliphatic rings. The summed E-state index contributed by atoms with van der Waals surface area (Å²) >= 11 is 1.22. The molecule has 3 unspecified atom stereocenters. The number of hydrogen-bond donors (Lipinski definition) is 3. The van der Waals surface area contributed by atoms with E-state index in [2.05, 4.69) is 20.9 Å². The number of anilines is 1. The molecular formula is C32H41N5O6S. The molecule has 44 heavy (non-hydrogen) atoms. The normalized spacial score (nSPS) is 17.2. The number of carbonyl (C=O) groups excluding carboxylic acids is 3. The van der Waals surface area contributed by atoms with E-state index in [1.807, 2.05) is 52.0 Å². The fraction of sp³-hybridized carbons (Fsp3) is 0.438. The summed E-state index contributed by atoms with van der Waals surface area (Å²) in [5.41, 5.74) is 1.25. The third-order valence-electron chi connectivity index (χ3n) is 7.54. The van der Waals surface area contributed by atoms with E-state index in [0.717, 1.165) is 11.1 Å². The molecule has 1 fully saturated rings. The van der Waals surface area contributed by atoms with Crippen molar-refractivity contribution in [1.29, 1.82) is 0 Å². The van der Waals surface area contributed by atoms with E-state index in [4.69, 9.17) is 14.2 Å². The predicted octanol–water partition coefficient (Wildman–Crippen LogP) is 5.39. The van der Waals surface area contributed by atoms with Crippen LogP contribution >= 0.6 is 11.3 Å². The number of benzene rings is 2. The summed E-state index contributed by atoms with van der Waals surface area (Å²) in [6.07, 6.45) is -0.332. The molecule has 3 aromatic rings. The first-order valence-electron chi connectivity index (χ1n) is 14.4. The largest absolute Gasteiger partial charge is 0.497 e. The highest BCUT2D eigenvalue weighted by Crippen LogP contribution is 2.36. The summed E-state index contributed by atoms with van der Waals surface area (Å²) in [7, 11) is 2.91. The summed E-state index contributed by atoms with van der Waals surface area (Å²) in [4.78, 5) is 45.0. The number of amides is 3. The van der Waals surface area contributed by atoms with Gasteiger partial charge in [0.05, 0.1) is 32.0 Å². The van der Waals surface area contributed by atoms with Crippen LogP contribution in [0.4, 0.5) is 14.7 Å². The first-order valence-corrected chi connectivity index (χ1v) is 15.3. The van der Waals surface area contributed by atoms with Gasteiger partial charge in [0.15, 0.2) is 5.13 Å². The Kier molecular flexibility index (Phi) is 10.2. The Hall–Kier alpha value is -4.16. The third-order valence-corrected chi connectivity index (χ3v) is 8.30. The van der Waals surface area contributed by atoms with Crippen molar-refractivity contribution in [2.24, 2.45) is 0 Å². The van der Waals surface area contributed by atoms with Gasteiger partial charge >= 0.3 is 18.1 Å². The Morgan fingerprint density at radius 2 is 1.73 bits per heavy atom. The van der Waals surface area contributed by atoms with Crippen molar-refractivity contribution < 1.29 is 28.6 Å². The van der Waals surface area contributed by atoms with Gasteiger partial charge in [-0.3, -0.25) is 15.0 Å². The zero-order chi connectivity index (χ0) is 32.1. The molecule has 0 saturated carbocycles. The van der Waals surface area contributed by atoms with Gasteiger partial charge in [0.2, 0.25) is 0 Å². The van der Waals surface area contributed by atoms with Gasteiger partial charge in [-0.05, 0) is 63.4 Å². The summed E-state index contributed by atoms with van der Waals surface area (Å²) in [5, 5.41) is 11.1. The summed E-state index contributed by atoms with van der Waals surface area (Å²) in [5.74, 6) is 0.190. The minimum absolute atomic E-state index is 0.160. The van der Waals surface area contributed by atoms with E-state index in [0.29, 0.717) is 41.8 Å². The number of carbonyl (C=O) groups is 3. The number of rotatable bonds is 8. The molecule has 3 atom stereocenters. The summed E-state index contributed by atoms with van der Waals surface area (Å²) < 4.78 is 16.0. The lowest BCUT2D eigenvalue weighted by Gasteiger charge is -2.37. The molecule has 3 amide bonds. The topological polar surface area (TPSA) is 131 Å². The lowest BCUT2D eigenvalue weighted by atomic mass is 9.80. The fourth-order valence-electron chi connectivity index (χ4n) is 5.02. The van der Waals surface area contributed by atoms with Crippen LogP contribution in [0, 0.1) is 0 Å². The maximum absolute atomic E-state index is 12.9. The summed E-state index contributed by atoms with van der Waals surface area (Å²) in [6.45, 7) is 11.1. The number of hydrogen-bond acceptors (Lipinski definition) is 9. The van der Waals surface area contributed by atoms with Crippen molar-refractivity contribution >= 4 is 34.6 Å². The number of thiazole rings is 1. The molecule has 0 spiro atoms. The molecule has 11 nitrogen and oxygen atoms in total. The zero-order valence-electron chi connectivity index (χ0n) is 26.2. The van der Waals surface area contributed by atoms with Crippen LogP contribution in [0.1, 0.15) is 69.1 Å². The maximum Gasteiger partial charge on any atom is 0.410 e. The Labute approximate surface area is 262 Å². The highest BCUT2D eigenvalue weighted by atomic mass is 32.1. The van der Waals surface area contributed by atoms with Crippen LogP contribution in [0.25, 0.3) is 0 Å².